The van der Waals surface area contributed by atoms with Crippen LogP contribution in [0.1, 0.15) is 33.1 Å². The Morgan fingerprint density at radius 3 is 2.23 bits per heavy atom. The summed E-state index contributed by atoms with van der Waals surface area (Å²) in [4.78, 5) is 10.0. The minimum Gasteiger partial charge on any atom is -0.724 e. The smallest absolute Gasteiger partial charge is 0.724 e. The van der Waals surface area contributed by atoms with Crippen molar-refractivity contribution >= 4 is 0 Å². The van der Waals surface area contributed by atoms with E-state index >= 15 is 0 Å². The SMILES string of the molecule is C[C@@H]1CCC[C@H](C)N1N([O-])N=O.[Na+]. The van der Waals surface area contributed by atoms with Crippen LogP contribution < -0.4 is 29.6 Å². The average Bonchev–Trinajstić information content (AvgIpc) is 2.03. The first-order valence-electron chi connectivity index (χ1n) is 4.25. The van der Waals surface area contributed by atoms with E-state index in [-0.39, 0.29) is 46.9 Å². The molecule has 0 aromatic rings. The number of nitroso groups, excluding NO2 is 1. The summed E-state index contributed by atoms with van der Waals surface area (Å²) >= 11 is 0. The predicted molar refractivity (Wildman–Crippen MR) is 45.6 cm³/mol. The van der Waals surface area contributed by atoms with E-state index in [0.29, 0.717) is 0 Å². The number of nitrogens with zero attached hydrogens (tertiary/aromatic N) is 3. The predicted octanol–water partition coefficient (Wildman–Crippen LogP) is -1.35. The molecule has 0 bridgehead atoms. The van der Waals surface area contributed by atoms with E-state index < -0.39 is 0 Å². The standard InChI is InChI=1S/C7H14N3O2.Na/c1-6-4-3-5-7(2)9(6)10(12)8-11;/h6-7H,3-5H2,1-2H3;/q-1;+1/t6-,7+;. The molecule has 0 amide bonds. The molecule has 0 aliphatic carbocycles. The van der Waals surface area contributed by atoms with Gasteiger partial charge in [0.05, 0.1) is 5.29 Å². The van der Waals surface area contributed by atoms with Gasteiger partial charge in [0.15, 0.2) is 0 Å². The Balaban J connectivity index is 0.00000144. The Labute approximate surface area is 100 Å². The van der Waals surface area contributed by atoms with Crippen LogP contribution in [0.3, 0.4) is 0 Å². The molecule has 2 atom stereocenters. The molecule has 1 aliphatic heterocycles. The van der Waals surface area contributed by atoms with Gasteiger partial charge < -0.3 is 5.21 Å². The van der Waals surface area contributed by atoms with Crippen molar-refractivity contribution in [2.45, 2.75) is 45.2 Å². The summed E-state index contributed by atoms with van der Waals surface area (Å²) in [5.74, 6) is 0. The first-order chi connectivity index (χ1) is 5.66. The number of rotatable bonds is 2. The van der Waals surface area contributed by atoms with Crippen molar-refractivity contribution in [2.75, 3.05) is 0 Å². The molecule has 0 aromatic carbocycles. The molecule has 0 aromatic heterocycles. The van der Waals surface area contributed by atoms with Crippen LogP contribution in [0, 0.1) is 10.1 Å². The maximum Gasteiger partial charge on any atom is 1.00 e. The van der Waals surface area contributed by atoms with Gasteiger partial charge in [-0.05, 0) is 26.7 Å². The molecule has 0 radical (unpaired) electrons. The van der Waals surface area contributed by atoms with Gasteiger partial charge in [-0.2, -0.15) is 0 Å². The Bertz CT molecular complexity index is 160. The van der Waals surface area contributed by atoms with E-state index in [9.17, 15) is 10.1 Å². The molecule has 0 spiro atoms. The Kier molecular flexibility index (Phi) is 6.07. The van der Waals surface area contributed by atoms with Crippen molar-refractivity contribution in [1.29, 1.82) is 0 Å². The molecule has 1 heterocycles. The first-order valence-corrected chi connectivity index (χ1v) is 4.25. The third-order valence-corrected chi connectivity index (χ3v) is 2.41. The fraction of sp³-hybridized carbons (Fsp3) is 1.00. The summed E-state index contributed by atoms with van der Waals surface area (Å²) in [7, 11) is 0. The molecule has 13 heavy (non-hydrogen) atoms. The van der Waals surface area contributed by atoms with Crippen LogP contribution in [-0.4, -0.2) is 22.4 Å². The summed E-state index contributed by atoms with van der Waals surface area (Å²) in [6.45, 7) is 3.87. The van der Waals surface area contributed by atoms with Gasteiger partial charge in [-0.3, -0.25) is 5.28 Å². The first kappa shape index (κ1) is 13.3. The summed E-state index contributed by atoms with van der Waals surface area (Å²) in [6, 6.07) is 0.257. The Morgan fingerprint density at radius 2 is 1.85 bits per heavy atom. The Morgan fingerprint density at radius 1 is 1.38 bits per heavy atom. The monoisotopic (exact) mass is 195 g/mol. The average molecular weight is 195 g/mol. The van der Waals surface area contributed by atoms with E-state index in [0.717, 1.165) is 19.3 Å². The summed E-state index contributed by atoms with van der Waals surface area (Å²) in [5.41, 5.74) is 0. The van der Waals surface area contributed by atoms with Gasteiger partial charge in [0.2, 0.25) is 0 Å². The second kappa shape index (κ2) is 5.93. The molecule has 0 saturated carbocycles. The van der Waals surface area contributed by atoms with Gasteiger partial charge in [0.25, 0.3) is 0 Å². The molecule has 1 aliphatic rings. The van der Waals surface area contributed by atoms with Crippen LogP contribution in [0.4, 0.5) is 0 Å². The zero-order valence-corrected chi connectivity index (χ0v) is 10.4. The van der Waals surface area contributed by atoms with E-state index in [2.05, 4.69) is 5.29 Å². The number of hydrogen-bond acceptors (Lipinski definition) is 4. The minimum atomic E-state index is 0. The van der Waals surface area contributed by atoms with Crippen LogP contribution in [0.5, 0.6) is 0 Å². The number of hydrogen-bond donors (Lipinski definition) is 0. The molecule has 5 nitrogen and oxygen atoms in total. The Hall–Kier alpha value is 0.320. The molecule has 6 heteroatoms. The summed E-state index contributed by atoms with van der Waals surface area (Å²) < 4.78 is 0. The van der Waals surface area contributed by atoms with E-state index in [1.165, 1.54) is 5.01 Å². The normalized spacial score (nSPS) is 29.2. The van der Waals surface area contributed by atoms with Crippen molar-refractivity contribution in [2.24, 2.45) is 5.29 Å². The molecular weight excluding hydrogens is 181 g/mol. The molecule has 70 valence electrons. The molecule has 0 N–H and O–H groups in total. The van der Waals surface area contributed by atoms with E-state index in [1.54, 1.807) is 0 Å². The van der Waals surface area contributed by atoms with Gasteiger partial charge in [0, 0.05) is 12.1 Å². The van der Waals surface area contributed by atoms with Crippen molar-refractivity contribution in [1.82, 2.24) is 10.3 Å². The topological polar surface area (TPSA) is 59.0 Å². The van der Waals surface area contributed by atoms with Crippen molar-refractivity contribution < 1.29 is 29.6 Å². The van der Waals surface area contributed by atoms with Crippen LogP contribution in [0.2, 0.25) is 0 Å². The second-order valence-corrected chi connectivity index (χ2v) is 3.34. The number of piperidine rings is 1. The molecule has 1 fully saturated rings. The van der Waals surface area contributed by atoms with Gasteiger partial charge in [0.1, 0.15) is 0 Å². The van der Waals surface area contributed by atoms with Crippen LogP contribution in [0.15, 0.2) is 5.29 Å². The largest absolute Gasteiger partial charge is 1.00 e. The summed E-state index contributed by atoms with van der Waals surface area (Å²) in [6.07, 6.45) is 3.03. The third-order valence-electron chi connectivity index (χ3n) is 2.41. The zero-order chi connectivity index (χ0) is 9.14. The molecule has 1 rings (SSSR count). The maximum atomic E-state index is 11.0. The molecule has 0 unspecified atom stereocenters. The summed E-state index contributed by atoms with van der Waals surface area (Å²) in [5, 5.41) is 15.0. The van der Waals surface area contributed by atoms with Crippen LogP contribution in [-0.2, 0) is 0 Å². The van der Waals surface area contributed by atoms with Gasteiger partial charge in [-0.15, -0.1) is 4.91 Å². The van der Waals surface area contributed by atoms with Gasteiger partial charge >= 0.3 is 29.6 Å². The van der Waals surface area contributed by atoms with Crippen LogP contribution in [0.25, 0.3) is 0 Å². The molecular formula is C7H14N3NaO2. The van der Waals surface area contributed by atoms with E-state index in [1.807, 2.05) is 13.8 Å². The van der Waals surface area contributed by atoms with Crippen molar-refractivity contribution in [3.8, 4) is 0 Å². The zero-order valence-electron chi connectivity index (χ0n) is 8.43. The van der Waals surface area contributed by atoms with Gasteiger partial charge in [-0.1, -0.05) is 6.42 Å². The van der Waals surface area contributed by atoms with Crippen molar-refractivity contribution in [3.63, 3.8) is 0 Å². The fourth-order valence-corrected chi connectivity index (χ4v) is 1.79. The quantitative estimate of drug-likeness (QED) is 0.310. The molecule has 1 saturated heterocycles. The third kappa shape index (κ3) is 3.18. The maximum absolute atomic E-state index is 11.0. The van der Waals surface area contributed by atoms with Gasteiger partial charge in [-0.25, -0.2) is 5.01 Å². The number of hydrazine groups is 1. The van der Waals surface area contributed by atoms with E-state index in [4.69, 9.17) is 0 Å². The second-order valence-electron chi connectivity index (χ2n) is 3.34. The fourth-order valence-electron chi connectivity index (χ4n) is 1.79. The minimum absolute atomic E-state index is 0. The van der Waals surface area contributed by atoms with Crippen LogP contribution >= 0.6 is 0 Å². The van der Waals surface area contributed by atoms with Crippen molar-refractivity contribution in [3.05, 3.63) is 10.1 Å².